The first-order valence-electron chi connectivity index (χ1n) is 4.48. The van der Waals surface area contributed by atoms with Crippen LogP contribution in [0.1, 0.15) is 38.5 Å². The molecule has 12 heavy (non-hydrogen) atoms. The Labute approximate surface area is 79.3 Å². The fraction of sp³-hybridized carbons (Fsp3) is 0.889. The highest BCUT2D eigenvalue weighted by molar-refractivity contribution is 5.85. The van der Waals surface area contributed by atoms with Gasteiger partial charge >= 0.3 is 0 Å². The topological polar surface area (TPSA) is 43.1 Å². The number of ketones is 1. The van der Waals surface area contributed by atoms with Crippen molar-refractivity contribution in [2.75, 3.05) is 0 Å². The molecule has 1 spiro atoms. The van der Waals surface area contributed by atoms with Gasteiger partial charge in [0.05, 0.1) is 0 Å². The predicted molar refractivity (Wildman–Crippen MR) is 50.4 cm³/mol. The minimum absolute atomic E-state index is 0. The average Bonchev–Trinajstić information content (AvgIpc) is 1.92. The van der Waals surface area contributed by atoms with Crippen LogP contribution in [0.4, 0.5) is 0 Å². The molecule has 0 bridgehead atoms. The number of rotatable bonds is 0. The molecule has 0 saturated heterocycles. The standard InChI is InChI=1S/C9H15NO.ClH/c10-7-5-9(6-7)3-1-8(11)2-4-9;/h7H,1-6,10H2;1H. The molecule has 2 aliphatic carbocycles. The largest absolute Gasteiger partial charge is 0.328 e. The van der Waals surface area contributed by atoms with E-state index in [2.05, 4.69) is 0 Å². The minimum atomic E-state index is 0. The second kappa shape index (κ2) is 3.35. The molecule has 2 N–H and O–H groups in total. The van der Waals surface area contributed by atoms with Crippen LogP contribution in [0.3, 0.4) is 0 Å². The lowest BCUT2D eigenvalue weighted by Crippen LogP contribution is -2.47. The zero-order chi connectivity index (χ0) is 7.90. The van der Waals surface area contributed by atoms with E-state index in [1.807, 2.05) is 0 Å². The first-order chi connectivity index (χ1) is 5.20. The third-order valence-corrected chi connectivity index (χ3v) is 3.26. The van der Waals surface area contributed by atoms with Gasteiger partial charge in [0.15, 0.2) is 0 Å². The summed E-state index contributed by atoms with van der Waals surface area (Å²) >= 11 is 0. The van der Waals surface area contributed by atoms with Crippen molar-refractivity contribution in [3.63, 3.8) is 0 Å². The highest BCUT2D eigenvalue weighted by atomic mass is 35.5. The number of Topliss-reactive ketones (excluding diaryl/α,β-unsaturated/α-hetero) is 1. The van der Waals surface area contributed by atoms with Crippen LogP contribution in [0.5, 0.6) is 0 Å². The summed E-state index contributed by atoms with van der Waals surface area (Å²) < 4.78 is 0. The maximum Gasteiger partial charge on any atom is 0.132 e. The molecule has 0 aromatic heterocycles. The maximum atomic E-state index is 10.9. The van der Waals surface area contributed by atoms with E-state index in [9.17, 15) is 4.79 Å². The van der Waals surface area contributed by atoms with E-state index in [1.165, 1.54) is 12.8 Å². The van der Waals surface area contributed by atoms with E-state index < -0.39 is 0 Å². The van der Waals surface area contributed by atoms with Crippen molar-refractivity contribution in [3.05, 3.63) is 0 Å². The van der Waals surface area contributed by atoms with Crippen LogP contribution >= 0.6 is 12.4 Å². The van der Waals surface area contributed by atoms with E-state index in [1.54, 1.807) is 0 Å². The van der Waals surface area contributed by atoms with Crippen molar-refractivity contribution in [2.45, 2.75) is 44.6 Å². The summed E-state index contributed by atoms with van der Waals surface area (Å²) in [4.78, 5) is 10.9. The van der Waals surface area contributed by atoms with Crippen LogP contribution in [0.15, 0.2) is 0 Å². The van der Waals surface area contributed by atoms with Crippen molar-refractivity contribution < 1.29 is 4.79 Å². The molecule has 0 unspecified atom stereocenters. The summed E-state index contributed by atoms with van der Waals surface area (Å²) in [7, 11) is 0. The molecule has 2 fully saturated rings. The number of hydrogen-bond acceptors (Lipinski definition) is 2. The van der Waals surface area contributed by atoms with E-state index in [0.29, 0.717) is 17.2 Å². The fourth-order valence-corrected chi connectivity index (χ4v) is 2.52. The molecule has 2 rings (SSSR count). The molecule has 0 radical (unpaired) electrons. The van der Waals surface area contributed by atoms with Crippen molar-refractivity contribution >= 4 is 18.2 Å². The Morgan fingerprint density at radius 1 is 1.25 bits per heavy atom. The molecule has 2 saturated carbocycles. The fourth-order valence-electron chi connectivity index (χ4n) is 2.52. The molecule has 0 heterocycles. The summed E-state index contributed by atoms with van der Waals surface area (Å²) in [5.74, 6) is 0.455. The molecular weight excluding hydrogens is 174 g/mol. The smallest absolute Gasteiger partial charge is 0.132 e. The van der Waals surface area contributed by atoms with Gasteiger partial charge in [0.1, 0.15) is 5.78 Å². The van der Waals surface area contributed by atoms with E-state index in [0.717, 1.165) is 25.7 Å². The van der Waals surface area contributed by atoms with Gasteiger partial charge < -0.3 is 5.73 Å². The second-order valence-corrected chi connectivity index (χ2v) is 4.21. The molecule has 2 aliphatic rings. The normalized spacial score (nSPS) is 27.9. The van der Waals surface area contributed by atoms with Gasteiger partial charge in [0.2, 0.25) is 0 Å². The molecule has 0 aromatic carbocycles. The Hall–Kier alpha value is -0.0800. The van der Waals surface area contributed by atoms with Crippen LogP contribution < -0.4 is 5.73 Å². The predicted octanol–water partition coefficient (Wildman–Crippen LogP) is 1.66. The Balaban J connectivity index is 0.000000720. The second-order valence-electron chi connectivity index (χ2n) is 4.21. The van der Waals surface area contributed by atoms with Crippen LogP contribution in [-0.4, -0.2) is 11.8 Å². The lowest BCUT2D eigenvalue weighted by Gasteiger charge is -2.48. The van der Waals surface area contributed by atoms with Gasteiger partial charge in [-0.25, -0.2) is 0 Å². The highest BCUT2D eigenvalue weighted by Gasteiger charge is 2.44. The Morgan fingerprint density at radius 2 is 1.75 bits per heavy atom. The van der Waals surface area contributed by atoms with E-state index >= 15 is 0 Å². The Morgan fingerprint density at radius 3 is 2.17 bits per heavy atom. The SMILES string of the molecule is Cl.NC1CC2(CCC(=O)CC2)C1. The van der Waals surface area contributed by atoms with Gasteiger partial charge in [-0.15, -0.1) is 12.4 Å². The average molecular weight is 190 g/mol. The van der Waals surface area contributed by atoms with E-state index in [4.69, 9.17) is 5.73 Å². The summed E-state index contributed by atoms with van der Waals surface area (Å²) in [5.41, 5.74) is 6.24. The molecule has 0 aliphatic heterocycles. The van der Waals surface area contributed by atoms with E-state index in [-0.39, 0.29) is 12.4 Å². The molecule has 0 atom stereocenters. The minimum Gasteiger partial charge on any atom is -0.328 e. The third-order valence-electron chi connectivity index (χ3n) is 3.26. The number of hydrogen-bond donors (Lipinski definition) is 1. The van der Waals surface area contributed by atoms with Crippen molar-refractivity contribution in [1.29, 1.82) is 0 Å². The molecule has 70 valence electrons. The number of carbonyl (C=O) groups is 1. The Bertz CT molecular complexity index is 175. The monoisotopic (exact) mass is 189 g/mol. The van der Waals surface area contributed by atoms with Crippen LogP contribution in [0.2, 0.25) is 0 Å². The summed E-state index contributed by atoms with van der Waals surface area (Å²) in [6.07, 6.45) is 6.18. The quantitative estimate of drug-likeness (QED) is 0.630. The summed E-state index contributed by atoms with van der Waals surface area (Å²) in [5, 5.41) is 0. The van der Waals surface area contributed by atoms with Gasteiger partial charge in [0.25, 0.3) is 0 Å². The lowest BCUT2D eigenvalue weighted by molar-refractivity contribution is -0.124. The summed E-state index contributed by atoms with van der Waals surface area (Å²) in [6, 6.07) is 0.434. The summed E-state index contributed by atoms with van der Waals surface area (Å²) in [6.45, 7) is 0. The Kier molecular flexibility index (Phi) is 2.79. The molecule has 3 heteroatoms. The number of halogens is 1. The van der Waals surface area contributed by atoms with Crippen molar-refractivity contribution in [1.82, 2.24) is 0 Å². The van der Waals surface area contributed by atoms with Crippen molar-refractivity contribution in [2.24, 2.45) is 11.1 Å². The van der Waals surface area contributed by atoms with Crippen molar-refractivity contribution in [3.8, 4) is 0 Å². The maximum absolute atomic E-state index is 10.9. The first-order valence-corrected chi connectivity index (χ1v) is 4.48. The van der Waals surface area contributed by atoms with Crippen LogP contribution in [0, 0.1) is 5.41 Å². The number of nitrogens with two attached hydrogens (primary N) is 1. The van der Waals surface area contributed by atoms with Crippen LogP contribution in [-0.2, 0) is 4.79 Å². The first kappa shape index (κ1) is 10.0. The van der Waals surface area contributed by atoms with Gasteiger partial charge in [0, 0.05) is 18.9 Å². The van der Waals surface area contributed by atoms with Gasteiger partial charge in [-0.1, -0.05) is 0 Å². The zero-order valence-corrected chi connectivity index (χ0v) is 8.03. The lowest BCUT2D eigenvalue weighted by atomic mass is 9.58. The van der Waals surface area contributed by atoms with Crippen LogP contribution in [0.25, 0.3) is 0 Å². The molecule has 2 nitrogen and oxygen atoms in total. The molecule has 0 amide bonds. The third kappa shape index (κ3) is 1.64. The van der Waals surface area contributed by atoms with Gasteiger partial charge in [-0.05, 0) is 31.1 Å². The zero-order valence-electron chi connectivity index (χ0n) is 7.21. The molecule has 0 aromatic rings. The number of carbonyl (C=O) groups excluding carboxylic acids is 1. The van der Waals surface area contributed by atoms with Gasteiger partial charge in [-0.2, -0.15) is 0 Å². The van der Waals surface area contributed by atoms with Gasteiger partial charge in [-0.3, -0.25) is 4.79 Å². The highest BCUT2D eigenvalue weighted by Crippen LogP contribution is 2.50. The molecular formula is C9H16ClNO.